The lowest BCUT2D eigenvalue weighted by atomic mass is 10.1. The van der Waals surface area contributed by atoms with Gasteiger partial charge in [0.15, 0.2) is 0 Å². The molecule has 4 nitrogen and oxygen atoms in total. The molecule has 0 saturated carbocycles. The SMILES string of the molecule is COC(CN)C(=O)N(C)Cc1ccccc1C. The fourth-order valence-electron chi connectivity index (χ4n) is 1.66. The normalized spacial score (nSPS) is 12.2. The first-order chi connectivity index (χ1) is 8.10. The summed E-state index contributed by atoms with van der Waals surface area (Å²) in [6.45, 7) is 2.81. The zero-order chi connectivity index (χ0) is 12.8. The highest BCUT2D eigenvalue weighted by molar-refractivity contribution is 5.80. The van der Waals surface area contributed by atoms with Gasteiger partial charge in [-0.1, -0.05) is 24.3 Å². The second-order valence-corrected chi connectivity index (χ2v) is 4.08. The summed E-state index contributed by atoms with van der Waals surface area (Å²) >= 11 is 0. The molecule has 1 unspecified atom stereocenters. The minimum Gasteiger partial charge on any atom is -0.370 e. The van der Waals surface area contributed by atoms with E-state index in [-0.39, 0.29) is 12.5 Å². The number of carbonyl (C=O) groups excluding carboxylic acids is 1. The van der Waals surface area contributed by atoms with Crippen molar-refractivity contribution in [2.24, 2.45) is 5.73 Å². The Kier molecular flexibility index (Phi) is 5.12. The minimum atomic E-state index is -0.552. The van der Waals surface area contributed by atoms with E-state index in [0.29, 0.717) is 6.54 Å². The fourth-order valence-corrected chi connectivity index (χ4v) is 1.66. The average Bonchev–Trinajstić information content (AvgIpc) is 2.33. The van der Waals surface area contributed by atoms with Crippen LogP contribution < -0.4 is 5.73 Å². The van der Waals surface area contributed by atoms with Crippen LogP contribution in [0.2, 0.25) is 0 Å². The number of carbonyl (C=O) groups is 1. The second-order valence-electron chi connectivity index (χ2n) is 4.08. The van der Waals surface area contributed by atoms with E-state index >= 15 is 0 Å². The van der Waals surface area contributed by atoms with Gasteiger partial charge in [0.1, 0.15) is 6.10 Å². The van der Waals surface area contributed by atoms with Crippen molar-refractivity contribution in [3.63, 3.8) is 0 Å². The standard InChI is InChI=1S/C13H20N2O2/c1-10-6-4-5-7-11(10)9-15(2)13(16)12(8-14)17-3/h4-7,12H,8-9,14H2,1-3H3. The Morgan fingerprint density at radius 3 is 2.65 bits per heavy atom. The highest BCUT2D eigenvalue weighted by atomic mass is 16.5. The second kappa shape index (κ2) is 6.37. The Morgan fingerprint density at radius 2 is 2.12 bits per heavy atom. The number of nitrogens with two attached hydrogens (primary N) is 1. The Hall–Kier alpha value is -1.39. The minimum absolute atomic E-state index is 0.0850. The van der Waals surface area contributed by atoms with Crippen molar-refractivity contribution in [2.75, 3.05) is 20.7 Å². The van der Waals surface area contributed by atoms with Gasteiger partial charge in [0.05, 0.1) is 0 Å². The summed E-state index contributed by atoms with van der Waals surface area (Å²) in [5, 5.41) is 0. The van der Waals surface area contributed by atoms with Gasteiger partial charge in [0, 0.05) is 27.2 Å². The van der Waals surface area contributed by atoms with Crippen molar-refractivity contribution in [2.45, 2.75) is 19.6 Å². The van der Waals surface area contributed by atoms with E-state index in [4.69, 9.17) is 10.5 Å². The van der Waals surface area contributed by atoms with Gasteiger partial charge >= 0.3 is 0 Å². The summed E-state index contributed by atoms with van der Waals surface area (Å²) in [6.07, 6.45) is -0.552. The lowest BCUT2D eigenvalue weighted by Crippen LogP contribution is -2.41. The van der Waals surface area contributed by atoms with E-state index < -0.39 is 6.10 Å². The summed E-state index contributed by atoms with van der Waals surface area (Å²) in [4.78, 5) is 13.6. The smallest absolute Gasteiger partial charge is 0.253 e. The molecule has 1 atom stereocenters. The molecule has 0 spiro atoms. The molecule has 0 saturated heterocycles. The van der Waals surface area contributed by atoms with Gasteiger partial charge in [0.25, 0.3) is 5.91 Å². The molecule has 1 amide bonds. The van der Waals surface area contributed by atoms with Crippen molar-refractivity contribution in [3.8, 4) is 0 Å². The topological polar surface area (TPSA) is 55.6 Å². The number of nitrogens with zero attached hydrogens (tertiary/aromatic N) is 1. The predicted molar refractivity (Wildman–Crippen MR) is 67.5 cm³/mol. The van der Waals surface area contributed by atoms with Crippen molar-refractivity contribution >= 4 is 5.91 Å². The Morgan fingerprint density at radius 1 is 1.47 bits per heavy atom. The van der Waals surface area contributed by atoms with E-state index in [1.54, 1.807) is 11.9 Å². The fraction of sp³-hybridized carbons (Fsp3) is 0.462. The van der Waals surface area contributed by atoms with Gasteiger partial charge in [-0.2, -0.15) is 0 Å². The van der Waals surface area contributed by atoms with Crippen LogP contribution in [-0.4, -0.2) is 37.6 Å². The number of benzene rings is 1. The molecule has 94 valence electrons. The zero-order valence-electron chi connectivity index (χ0n) is 10.6. The quantitative estimate of drug-likeness (QED) is 0.827. The third-order valence-electron chi connectivity index (χ3n) is 2.82. The molecule has 17 heavy (non-hydrogen) atoms. The molecule has 0 heterocycles. The number of likely N-dealkylation sites (N-methyl/N-ethyl adjacent to an activating group) is 1. The molecule has 1 rings (SSSR count). The van der Waals surface area contributed by atoms with E-state index in [1.165, 1.54) is 12.7 Å². The van der Waals surface area contributed by atoms with Crippen LogP contribution in [-0.2, 0) is 16.1 Å². The summed E-state index contributed by atoms with van der Waals surface area (Å²) in [5.41, 5.74) is 7.78. The summed E-state index contributed by atoms with van der Waals surface area (Å²) in [5.74, 6) is -0.0850. The molecule has 0 radical (unpaired) electrons. The summed E-state index contributed by atoms with van der Waals surface area (Å²) < 4.78 is 5.03. The van der Waals surface area contributed by atoms with Gasteiger partial charge in [-0.3, -0.25) is 4.79 Å². The van der Waals surface area contributed by atoms with Gasteiger partial charge in [-0.05, 0) is 18.1 Å². The number of methoxy groups -OCH3 is 1. The Bertz CT molecular complexity index is 375. The van der Waals surface area contributed by atoms with E-state index in [1.807, 2.05) is 31.2 Å². The molecule has 0 fully saturated rings. The molecular formula is C13H20N2O2. The lowest BCUT2D eigenvalue weighted by Gasteiger charge is -2.22. The number of aryl methyl sites for hydroxylation is 1. The monoisotopic (exact) mass is 236 g/mol. The summed E-state index contributed by atoms with van der Waals surface area (Å²) in [6, 6.07) is 8.00. The van der Waals surface area contributed by atoms with Crippen LogP contribution in [0.25, 0.3) is 0 Å². The number of rotatable bonds is 5. The number of hydrogen-bond donors (Lipinski definition) is 1. The molecule has 2 N–H and O–H groups in total. The van der Waals surface area contributed by atoms with Gasteiger partial charge < -0.3 is 15.4 Å². The lowest BCUT2D eigenvalue weighted by molar-refractivity contribution is -0.140. The average molecular weight is 236 g/mol. The molecule has 1 aromatic rings. The molecule has 0 aromatic heterocycles. The number of amides is 1. The van der Waals surface area contributed by atoms with Crippen molar-refractivity contribution in [1.82, 2.24) is 4.90 Å². The zero-order valence-corrected chi connectivity index (χ0v) is 10.6. The molecular weight excluding hydrogens is 216 g/mol. The first-order valence-electron chi connectivity index (χ1n) is 5.62. The van der Waals surface area contributed by atoms with E-state index in [2.05, 4.69) is 0 Å². The van der Waals surface area contributed by atoms with Crippen LogP contribution in [0.5, 0.6) is 0 Å². The maximum atomic E-state index is 11.9. The summed E-state index contributed by atoms with van der Waals surface area (Å²) in [7, 11) is 3.26. The highest BCUT2D eigenvalue weighted by Gasteiger charge is 2.20. The molecule has 1 aromatic carbocycles. The van der Waals surface area contributed by atoms with Gasteiger partial charge in [0.2, 0.25) is 0 Å². The van der Waals surface area contributed by atoms with Crippen LogP contribution in [0.3, 0.4) is 0 Å². The maximum absolute atomic E-state index is 11.9. The van der Waals surface area contributed by atoms with E-state index in [0.717, 1.165) is 5.56 Å². The van der Waals surface area contributed by atoms with Crippen LogP contribution >= 0.6 is 0 Å². The van der Waals surface area contributed by atoms with Crippen molar-refractivity contribution < 1.29 is 9.53 Å². The first-order valence-corrected chi connectivity index (χ1v) is 5.62. The third kappa shape index (κ3) is 3.54. The molecule has 0 aliphatic rings. The predicted octanol–water partition coefficient (Wildman–Crippen LogP) is 0.927. The number of ether oxygens (including phenoxy) is 1. The largest absolute Gasteiger partial charge is 0.370 e. The van der Waals surface area contributed by atoms with Crippen molar-refractivity contribution in [3.05, 3.63) is 35.4 Å². The van der Waals surface area contributed by atoms with Crippen LogP contribution in [0, 0.1) is 6.92 Å². The molecule has 0 bridgehead atoms. The van der Waals surface area contributed by atoms with Crippen LogP contribution in [0.4, 0.5) is 0 Å². The third-order valence-corrected chi connectivity index (χ3v) is 2.82. The highest BCUT2D eigenvalue weighted by Crippen LogP contribution is 2.10. The van der Waals surface area contributed by atoms with E-state index in [9.17, 15) is 4.79 Å². The molecule has 0 aliphatic heterocycles. The van der Waals surface area contributed by atoms with Gasteiger partial charge in [-0.15, -0.1) is 0 Å². The first kappa shape index (κ1) is 13.7. The Balaban J connectivity index is 2.69. The molecule has 0 aliphatic carbocycles. The van der Waals surface area contributed by atoms with Crippen LogP contribution in [0.15, 0.2) is 24.3 Å². The Labute approximate surface area is 102 Å². The van der Waals surface area contributed by atoms with Crippen LogP contribution in [0.1, 0.15) is 11.1 Å². The van der Waals surface area contributed by atoms with Crippen molar-refractivity contribution in [1.29, 1.82) is 0 Å². The maximum Gasteiger partial charge on any atom is 0.253 e. The molecule has 4 heteroatoms. The number of hydrogen-bond acceptors (Lipinski definition) is 3. The van der Waals surface area contributed by atoms with Gasteiger partial charge in [-0.25, -0.2) is 0 Å².